The molecule has 0 aliphatic carbocycles. The Morgan fingerprint density at radius 1 is 1.31 bits per heavy atom. The van der Waals surface area contributed by atoms with Crippen LogP contribution in [0.2, 0.25) is 5.02 Å². The van der Waals surface area contributed by atoms with Crippen LogP contribution in [0.4, 0.5) is 0 Å². The third kappa shape index (κ3) is 3.79. The van der Waals surface area contributed by atoms with Crippen LogP contribution in [0.1, 0.15) is 41.5 Å². The fraction of sp³-hybridized carbons (Fsp3) is 0.300. The molecule has 0 aliphatic rings. The summed E-state index contributed by atoms with van der Waals surface area (Å²) in [6, 6.07) is 11.5. The summed E-state index contributed by atoms with van der Waals surface area (Å²) in [5.41, 5.74) is 3.05. The third-order valence-electron chi connectivity index (χ3n) is 4.33. The summed E-state index contributed by atoms with van der Waals surface area (Å²) in [5, 5.41) is 0.701. The van der Waals surface area contributed by atoms with Crippen LogP contribution in [0.15, 0.2) is 40.9 Å². The Morgan fingerprint density at radius 2 is 2.08 bits per heavy atom. The maximum Gasteiger partial charge on any atom is 0.340 e. The van der Waals surface area contributed by atoms with Crippen molar-refractivity contribution in [3.63, 3.8) is 0 Å². The number of esters is 1. The summed E-state index contributed by atoms with van der Waals surface area (Å²) in [4.78, 5) is 17.2. The van der Waals surface area contributed by atoms with Crippen LogP contribution in [0.3, 0.4) is 0 Å². The maximum atomic E-state index is 12.4. The van der Waals surface area contributed by atoms with E-state index in [1.54, 1.807) is 6.07 Å². The molecule has 1 heterocycles. The minimum absolute atomic E-state index is 0.376. The van der Waals surface area contributed by atoms with Gasteiger partial charge in [0.2, 0.25) is 0 Å². The molecule has 0 radical (unpaired) electrons. The number of unbranched alkanes of at least 4 members (excludes halogenated alkanes) is 1. The minimum atomic E-state index is -0.376. The van der Waals surface area contributed by atoms with Crippen LogP contribution in [0, 0.1) is 0 Å². The van der Waals surface area contributed by atoms with Crippen molar-refractivity contribution in [1.82, 2.24) is 9.55 Å². The van der Waals surface area contributed by atoms with E-state index in [2.05, 4.69) is 27.4 Å². The number of hydrogen-bond donors (Lipinski definition) is 0. The Hall–Kier alpha value is -1.85. The Kier molecular flexibility index (Phi) is 5.99. The number of benzene rings is 2. The summed E-state index contributed by atoms with van der Waals surface area (Å²) < 4.78 is 7.88. The minimum Gasteiger partial charge on any atom is -0.465 e. The number of imidazole rings is 1. The molecule has 2 aromatic carbocycles. The molecular weight excluding hydrogens is 416 g/mol. The van der Waals surface area contributed by atoms with E-state index in [-0.39, 0.29) is 5.97 Å². The van der Waals surface area contributed by atoms with Crippen LogP contribution < -0.4 is 0 Å². The van der Waals surface area contributed by atoms with Crippen molar-refractivity contribution in [2.75, 3.05) is 7.11 Å². The van der Waals surface area contributed by atoms with Crippen molar-refractivity contribution >= 4 is 44.5 Å². The Balaban J connectivity index is 2.22. The molecule has 0 spiro atoms. The van der Waals surface area contributed by atoms with Gasteiger partial charge in [0.05, 0.1) is 30.3 Å². The van der Waals surface area contributed by atoms with Crippen LogP contribution in [0.5, 0.6) is 0 Å². The molecule has 3 rings (SSSR count). The SMILES string of the molecule is CCCCc1nc2cc(Br)cc(C(=O)OC)c2n1Cc1ccccc1Cl. The highest BCUT2D eigenvalue weighted by molar-refractivity contribution is 9.10. The molecule has 0 saturated heterocycles. The monoisotopic (exact) mass is 434 g/mol. The summed E-state index contributed by atoms with van der Waals surface area (Å²) in [6.45, 7) is 2.71. The zero-order chi connectivity index (χ0) is 18.7. The van der Waals surface area contributed by atoms with Crippen LogP contribution in [0.25, 0.3) is 11.0 Å². The van der Waals surface area contributed by atoms with E-state index in [1.807, 2.05) is 30.3 Å². The zero-order valence-electron chi connectivity index (χ0n) is 14.8. The van der Waals surface area contributed by atoms with Gasteiger partial charge in [-0.05, 0) is 30.2 Å². The number of hydrogen-bond acceptors (Lipinski definition) is 3. The summed E-state index contributed by atoms with van der Waals surface area (Å²) in [5.74, 6) is 0.573. The molecule has 0 fully saturated rings. The molecule has 0 unspecified atom stereocenters. The average Bonchev–Trinajstić information content (AvgIpc) is 2.97. The second-order valence-electron chi connectivity index (χ2n) is 6.12. The molecule has 136 valence electrons. The highest BCUT2D eigenvalue weighted by atomic mass is 79.9. The number of carbonyl (C=O) groups excluding carboxylic acids is 1. The number of halogens is 2. The highest BCUT2D eigenvalue weighted by Crippen LogP contribution is 2.28. The predicted octanol–water partition coefficient (Wildman–Crippen LogP) is 5.63. The fourth-order valence-corrected chi connectivity index (χ4v) is 3.68. The largest absolute Gasteiger partial charge is 0.465 e. The smallest absolute Gasteiger partial charge is 0.340 e. The van der Waals surface area contributed by atoms with Gasteiger partial charge in [-0.1, -0.05) is 59.1 Å². The van der Waals surface area contributed by atoms with E-state index in [9.17, 15) is 4.79 Å². The number of rotatable bonds is 6. The fourth-order valence-electron chi connectivity index (χ4n) is 3.04. The first-order chi connectivity index (χ1) is 12.5. The Labute approximate surface area is 166 Å². The first-order valence-electron chi connectivity index (χ1n) is 8.55. The van der Waals surface area contributed by atoms with Crippen molar-refractivity contribution in [2.24, 2.45) is 0 Å². The molecule has 0 N–H and O–H groups in total. The number of nitrogens with zero attached hydrogens (tertiary/aromatic N) is 2. The molecule has 1 aromatic heterocycles. The molecular formula is C20H20BrClN2O2. The number of carbonyl (C=O) groups is 1. The molecule has 0 bridgehead atoms. The van der Waals surface area contributed by atoms with E-state index in [0.29, 0.717) is 17.1 Å². The number of methoxy groups -OCH3 is 1. The third-order valence-corrected chi connectivity index (χ3v) is 5.16. The van der Waals surface area contributed by atoms with Crippen molar-refractivity contribution in [2.45, 2.75) is 32.7 Å². The number of ether oxygens (including phenoxy) is 1. The van der Waals surface area contributed by atoms with Crippen molar-refractivity contribution in [3.8, 4) is 0 Å². The summed E-state index contributed by atoms with van der Waals surface area (Å²) in [7, 11) is 1.39. The molecule has 0 atom stereocenters. The number of aryl methyl sites for hydroxylation is 1. The molecule has 6 heteroatoms. The van der Waals surface area contributed by atoms with E-state index >= 15 is 0 Å². The first kappa shape index (κ1) is 18.9. The summed E-state index contributed by atoms with van der Waals surface area (Å²) >= 11 is 9.84. The van der Waals surface area contributed by atoms with Crippen LogP contribution >= 0.6 is 27.5 Å². The van der Waals surface area contributed by atoms with E-state index < -0.39 is 0 Å². The van der Waals surface area contributed by atoms with Crippen molar-refractivity contribution < 1.29 is 9.53 Å². The Morgan fingerprint density at radius 3 is 2.77 bits per heavy atom. The van der Waals surface area contributed by atoms with Crippen LogP contribution in [-0.4, -0.2) is 22.6 Å². The van der Waals surface area contributed by atoms with Gasteiger partial charge >= 0.3 is 5.97 Å². The molecule has 26 heavy (non-hydrogen) atoms. The molecule has 3 aromatic rings. The van der Waals surface area contributed by atoms with E-state index in [0.717, 1.165) is 46.2 Å². The first-order valence-corrected chi connectivity index (χ1v) is 9.72. The van der Waals surface area contributed by atoms with Gasteiger partial charge in [0.25, 0.3) is 0 Å². The topological polar surface area (TPSA) is 44.1 Å². The average molecular weight is 436 g/mol. The van der Waals surface area contributed by atoms with Gasteiger partial charge in [0, 0.05) is 15.9 Å². The lowest BCUT2D eigenvalue weighted by Crippen LogP contribution is -2.10. The van der Waals surface area contributed by atoms with Crippen molar-refractivity contribution in [3.05, 3.63) is 62.8 Å². The van der Waals surface area contributed by atoms with Gasteiger partial charge in [-0.3, -0.25) is 0 Å². The quantitative estimate of drug-likeness (QED) is 0.471. The predicted molar refractivity (Wildman–Crippen MR) is 108 cm³/mol. The maximum absolute atomic E-state index is 12.4. The summed E-state index contributed by atoms with van der Waals surface area (Å²) in [6.07, 6.45) is 2.94. The number of aromatic nitrogens is 2. The lowest BCUT2D eigenvalue weighted by atomic mass is 10.1. The molecule has 4 nitrogen and oxygen atoms in total. The van der Waals surface area contributed by atoms with E-state index in [4.69, 9.17) is 21.3 Å². The van der Waals surface area contributed by atoms with Gasteiger partial charge in [-0.25, -0.2) is 9.78 Å². The van der Waals surface area contributed by atoms with Gasteiger partial charge in [-0.15, -0.1) is 0 Å². The van der Waals surface area contributed by atoms with Gasteiger partial charge in [-0.2, -0.15) is 0 Å². The Bertz CT molecular complexity index is 952. The van der Waals surface area contributed by atoms with Gasteiger partial charge in [0.1, 0.15) is 5.82 Å². The lowest BCUT2D eigenvalue weighted by molar-refractivity contribution is 0.0602. The van der Waals surface area contributed by atoms with Crippen molar-refractivity contribution in [1.29, 1.82) is 0 Å². The highest BCUT2D eigenvalue weighted by Gasteiger charge is 2.20. The second kappa shape index (κ2) is 8.23. The molecule has 0 saturated carbocycles. The van der Waals surface area contributed by atoms with Gasteiger partial charge in [0.15, 0.2) is 0 Å². The van der Waals surface area contributed by atoms with E-state index in [1.165, 1.54) is 7.11 Å². The standard InChI is InChI=1S/C20H20BrClN2O2/c1-3-4-9-18-23-17-11-14(21)10-15(20(25)26-2)19(17)24(18)12-13-7-5-6-8-16(13)22/h5-8,10-11H,3-4,9,12H2,1-2H3. The van der Waals surface area contributed by atoms with Crippen LogP contribution in [-0.2, 0) is 17.7 Å². The normalized spacial score (nSPS) is 11.1. The zero-order valence-corrected chi connectivity index (χ0v) is 17.1. The van der Waals surface area contributed by atoms with Gasteiger partial charge < -0.3 is 9.30 Å². The number of fused-ring (bicyclic) bond motifs is 1. The molecule has 0 amide bonds. The second-order valence-corrected chi connectivity index (χ2v) is 7.44. The molecule has 0 aliphatic heterocycles. The lowest BCUT2D eigenvalue weighted by Gasteiger charge is -2.12.